The van der Waals surface area contributed by atoms with E-state index in [1.807, 2.05) is 6.92 Å². The Hall–Kier alpha value is -4.45. The Morgan fingerprint density at radius 2 is 2.09 bits per heavy atom. The summed E-state index contributed by atoms with van der Waals surface area (Å²) >= 11 is 0. The highest BCUT2D eigenvalue weighted by Gasteiger charge is 2.49. The molecular weight excluding hydrogens is 559 g/mol. The van der Waals surface area contributed by atoms with Crippen LogP contribution >= 0.6 is 0 Å². The third-order valence-electron chi connectivity index (χ3n) is 8.67. The topological polar surface area (TPSA) is 112 Å². The summed E-state index contributed by atoms with van der Waals surface area (Å²) in [5.74, 6) is -0.986. The van der Waals surface area contributed by atoms with Gasteiger partial charge >= 0.3 is 6.01 Å². The molecule has 43 heavy (non-hydrogen) atoms. The number of halogens is 3. The number of nitrogens with zero attached hydrogens (tertiary/aromatic N) is 5. The van der Waals surface area contributed by atoms with E-state index < -0.39 is 23.3 Å². The number of phenols is 1. The smallest absolute Gasteiger partial charge is 0.319 e. The summed E-state index contributed by atoms with van der Waals surface area (Å²) in [6.07, 6.45) is 6.40. The highest BCUT2D eigenvalue weighted by molar-refractivity contribution is 6.01. The Kier molecular flexibility index (Phi) is 6.80. The van der Waals surface area contributed by atoms with Crippen molar-refractivity contribution in [3.8, 4) is 23.0 Å². The molecule has 3 N–H and O–H groups in total. The third kappa shape index (κ3) is 4.79. The van der Waals surface area contributed by atoms with E-state index in [1.54, 1.807) is 18.5 Å². The highest BCUT2D eigenvalue weighted by atomic mass is 19.1. The molecule has 5 aromatic rings. The van der Waals surface area contributed by atoms with E-state index in [1.165, 1.54) is 24.4 Å². The average molecular weight is 590 g/mol. The van der Waals surface area contributed by atoms with Crippen LogP contribution in [0.1, 0.15) is 37.3 Å². The van der Waals surface area contributed by atoms with Crippen molar-refractivity contribution in [2.75, 3.05) is 25.0 Å². The number of pyridine rings is 1. The van der Waals surface area contributed by atoms with Crippen molar-refractivity contribution in [1.29, 1.82) is 0 Å². The molecule has 2 saturated heterocycles. The van der Waals surface area contributed by atoms with Crippen LogP contribution in [0.15, 0.2) is 42.9 Å². The molecule has 5 heterocycles. The largest absolute Gasteiger partial charge is 0.508 e. The quantitative estimate of drug-likeness (QED) is 0.212. The molecule has 0 aliphatic carbocycles. The normalized spacial score (nSPS) is 20.2. The maximum Gasteiger partial charge on any atom is 0.319 e. The molecule has 7 rings (SSSR count). The number of rotatable bonds is 8. The zero-order valence-electron chi connectivity index (χ0n) is 23.5. The molecule has 12 heteroatoms. The van der Waals surface area contributed by atoms with E-state index >= 15 is 4.39 Å². The first-order valence-corrected chi connectivity index (χ1v) is 14.4. The van der Waals surface area contributed by atoms with E-state index in [0.29, 0.717) is 53.5 Å². The lowest BCUT2D eigenvalue weighted by molar-refractivity contribution is 0.107. The molecule has 2 fully saturated rings. The lowest BCUT2D eigenvalue weighted by atomic mass is 9.94. The highest BCUT2D eigenvalue weighted by Crippen LogP contribution is 2.41. The van der Waals surface area contributed by atoms with Gasteiger partial charge in [0.15, 0.2) is 5.82 Å². The number of aromatic amines is 1. The van der Waals surface area contributed by atoms with Gasteiger partial charge in [0.25, 0.3) is 0 Å². The first kappa shape index (κ1) is 27.4. The molecule has 2 aromatic carbocycles. The van der Waals surface area contributed by atoms with Crippen LogP contribution in [0.3, 0.4) is 0 Å². The Labute approximate surface area is 245 Å². The Morgan fingerprint density at radius 3 is 2.91 bits per heavy atom. The second kappa shape index (κ2) is 10.7. The second-order valence-electron chi connectivity index (χ2n) is 11.3. The number of aromatic hydroxyl groups is 1. The molecule has 222 valence electrons. The SMILES string of the molecule is CCc1c(F)ccc2cc(O)cc(-c3ncc4c(NCc5cn[nH]c5)nc(OC[C@@]56CCCN5C[C@H](F)C6)nc4c3F)c12. The molecule has 0 radical (unpaired) electrons. The average Bonchev–Trinajstić information content (AvgIpc) is 3.72. The number of benzene rings is 2. The monoisotopic (exact) mass is 589 g/mol. The van der Waals surface area contributed by atoms with Crippen LogP contribution in [0.2, 0.25) is 0 Å². The van der Waals surface area contributed by atoms with Crippen LogP contribution < -0.4 is 10.1 Å². The summed E-state index contributed by atoms with van der Waals surface area (Å²) in [5.41, 5.74) is 0.916. The van der Waals surface area contributed by atoms with Crippen molar-refractivity contribution in [1.82, 2.24) is 30.0 Å². The molecule has 0 amide bonds. The molecule has 9 nitrogen and oxygen atoms in total. The summed E-state index contributed by atoms with van der Waals surface area (Å²) in [6.45, 7) is 3.51. The second-order valence-corrected chi connectivity index (χ2v) is 11.3. The molecule has 0 spiro atoms. The molecule has 3 aromatic heterocycles. The molecular formula is C31H30F3N7O2. The first-order valence-electron chi connectivity index (χ1n) is 14.4. The van der Waals surface area contributed by atoms with Crippen LogP contribution in [-0.4, -0.2) is 66.6 Å². The molecule has 0 unspecified atom stereocenters. The minimum Gasteiger partial charge on any atom is -0.508 e. The van der Waals surface area contributed by atoms with Gasteiger partial charge in [-0.05, 0) is 60.3 Å². The van der Waals surface area contributed by atoms with E-state index in [0.717, 1.165) is 24.9 Å². The molecule has 0 bridgehead atoms. The van der Waals surface area contributed by atoms with Crippen LogP contribution in [0, 0.1) is 11.6 Å². The fourth-order valence-electron chi connectivity index (χ4n) is 6.66. The number of aryl methyl sites for hydroxylation is 1. The molecule has 2 aliphatic rings. The summed E-state index contributed by atoms with van der Waals surface area (Å²) in [5, 5.41) is 21.7. The van der Waals surface area contributed by atoms with Gasteiger partial charge in [-0.25, -0.2) is 13.2 Å². The standard InChI is InChI=1S/C31H30F3N7O2/c1-2-21-24(33)5-4-18-8-20(42)9-22(25(18)21)27-26(34)28-23(14-35-27)29(36-11-17-12-37-38-13-17)40-30(39-28)43-16-31-6-3-7-41(31)15-19(32)10-31/h4-5,8-9,12-14,19,42H,2-3,6-7,10-11,15-16H2,1H3,(H,37,38)(H,36,39,40)/t19-,31+/m1/s1. The summed E-state index contributed by atoms with van der Waals surface area (Å²) in [6, 6.07) is 5.73. The van der Waals surface area contributed by atoms with Gasteiger partial charge < -0.3 is 15.2 Å². The van der Waals surface area contributed by atoms with Crippen molar-refractivity contribution < 1.29 is 23.0 Å². The van der Waals surface area contributed by atoms with Crippen molar-refractivity contribution in [3.05, 3.63) is 65.6 Å². The Morgan fingerprint density at radius 1 is 1.21 bits per heavy atom. The van der Waals surface area contributed by atoms with Gasteiger partial charge in [-0.2, -0.15) is 15.1 Å². The van der Waals surface area contributed by atoms with Gasteiger partial charge in [0.1, 0.15) is 41.4 Å². The zero-order chi connectivity index (χ0) is 29.7. The summed E-state index contributed by atoms with van der Waals surface area (Å²) in [7, 11) is 0. The van der Waals surface area contributed by atoms with Crippen LogP contribution in [0.25, 0.3) is 32.9 Å². The molecule has 0 saturated carbocycles. The van der Waals surface area contributed by atoms with Crippen LogP contribution in [-0.2, 0) is 13.0 Å². The van der Waals surface area contributed by atoms with Gasteiger partial charge in [0, 0.05) is 43.0 Å². The lowest BCUT2D eigenvalue weighted by Crippen LogP contribution is -2.43. The maximum atomic E-state index is 16.5. The Balaban J connectivity index is 1.35. The van der Waals surface area contributed by atoms with Crippen molar-refractivity contribution in [2.24, 2.45) is 0 Å². The number of hydrogen-bond acceptors (Lipinski definition) is 8. The fourth-order valence-corrected chi connectivity index (χ4v) is 6.66. The number of hydrogen-bond donors (Lipinski definition) is 3. The van der Waals surface area contributed by atoms with E-state index in [-0.39, 0.29) is 35.1 Å². The first-order chi connectivity index (χ1) is 20.8. The van der Waals surface area contributed by atoms with Gasteiger partial charge in [-0.15, -0.1) is 0 Å². The predicted molar refractivity (Wildman–Crippen MR) is 156 cm³/mol. The molecule has 2 aliphatic heterocycles. The summed E-state index contributed by atoms with van der Waals surface area (Å²) in [4.78, 5) is 15.6. The predicted octanol–water partition coefficient (Wildman–Crippen LogP) is 5.68. The zero-order valence-corrected chi connectivity index (χ0v) is 23.5. The number of alkyl halides is 1. The third-order valence-corrected chi connectivity index (χ3v) is 8.67. The fraction of sp³-hybridized carbons (Fsp3) is 0.355. The van der Waals surface area contributed by atoms with Gasteiger partial charge in [0.05, 0.1) is 17.1 Å². The summed E-state index contributed by atoms with van der Waals surface area (Å²) < 4.78 is 51.9. The minimum absolute atomic E-state index is 0.0498. The van der Waals surface area contributed by atoms with E-state index in [2.05, 4.69) is 35.4 Å². The van der Waals surface area contributed by atoms with Crippen molar-refractivity contribution in [2.45, 2.75) is 50.9 Å². The minimum atomic E-state index is -0.922. The van der Waals surface area contributed by atoms with Crippen LogP contribution in [0.5, 0.6) is 11.8 Å². The number of aromatic nitrogens is 5. The van der Waals surface area contributed by atoms with Gasteiger partial charge in [0.2, 0.25) is 0 Å². The lowest BCUT2D eigenvalue weighted by Gasteiger charge is -2.30. The number of fused-ring (bicyclic) bond motifs is 3. The van der Waals surface area contributed by atoms with Crippen molar-refractivity contribution in [3.63, 3.8) is 0 Å². The van der Waals surface area contributed by atoms with Gasteiger partial charge in [-0.1, -0.05) is 13.0 Å². The van der Waals surface area contributed by atoms with Gasteiger partial charge in [-0.3, -0.25) is 15.0 Å². The van der Waals surface area contributed by atoms with E-state index in [4.69, 9.17) is 4.74 Å². The van der Waals surface area contributed by atoms with Crippen molar-refractivity contribution >= 4 is 27.5 Å². The number of H-pyrrole nitrogens is 1. The number of nitrogens with one attached hydrogen (secondary N) is 2. The maximum absolute atomic E-state index is 16.5. The van der Waals surface area contributed by atoms with Crippen LogP contribution in [0.4, 0.5) is 19.0 Å². The molecule has 2 atom stereocenters. The Bertz CT molecular complexity index is 1830. The van der Waals surface area contributed by atoms with E-state index in [9.17, 15) is 13.9 Å². The number of phenolic OH excluding ortho intramolecular Hbond substituents is 1. The number of ether oxygens (including phenoxy) is 1. The number of anilines is 1.